The Morgan fingerprint density at radius 3 is 0.692 bits per heavy atom. The number of benzene rings is 9. The maximum atomic E-state index is 11.5. The number of Topliss-reactive ketones (excluding diaryl/α,β-unsaturated/α-hetero) is 17. The minimum absolute atomic E-state index is 0. The molecule has 550 valence electrons. The molecule has 0 heterocycles. The van der Waals surface area contributed by atoms with Gasteiger partial charge in [-0.05, 0) is 213 Å². The predicted octanol–water partition coefficient (Wildman–Crippen LogP) is 13.9. The van der Waals surface area contributed by atoms with Crippen LogP contribution in [0.5, 0.6) is 0 Å². The van der Waals surface area contributed by atoms with Crippen LogP contribution in [0.3, 0.4) is 0 Å². The molecule has 9 rings (SSSR count). The van der Waals surface area contributed by atoms with Crippen molar-refractivity contribution in [3.8, 4) is 0 Å². The molecule has 0 saturated heterocycles. The first-order chi connectivity index (χ1) is 49.2. The zero-order chi connectivity index (χ0) is 80.9. The van der Waals surface area contributed by atoms with E-state index in [-0.39, 0.29) is 150 Å². The van der Waals surface area contributed by atoms with Gasteiger partial charge in [0.15, 0.2) is 92.5 Å². The first kappa shape index (κ1) is 93.8. The van der Waals surface area contributed by atoms with E-state index in [1.165, 1.54) is 140 Å². The molecule has 0 aliphatic rings. The fraction of sp³-hybridized carbons (Fsp3) is 0.212. The van der Waals surface area contributed by atoms with Gasteiger partial charge in [-0.3, -0.25) is 76.7 Å². The minimum Gasteiger partial charge on any atom is -0.744 e. The van der Waals surface area contributed by atoms with Gasteiger partial charge in [-0.2, -0.15) is 0 Å². The van der Waals surface area contributed by atoms with Gasteiger partial charge in [-0.25, -0.2) is 8.42 Å². The van der Waals surface area contributed by atoms with Gasteiger partial charge < -0.3 is 9.35 Å². The van der Waals surface area contributed by atoms with Gasteiger partial charge >= 0.3 is 29.6 Å². The van der Waals surface area contributed by atoms with Crippen LogP contribution < -0.4 is 29.6 Å². The van der Waals surface area contributed by atoms with E-state index in [4.69, 9.17) is 0 Å². The first-order valence-electron chi connectivity index (χ1n) is 32.5. The van der Waals surface area contributed by atoms with E-state index in [1.807, 2.05) is 66.7 Å². The standard InChI is InChI=1S/C14H14O4.C14H12O2.C12H12O3.C12H10O.C10H10O5S.2C10H10O2.C3H6O.Na/c1-7(15)11-5-13(9(3)17)14(10(4)18)6-12(11)8(2)16;1-9(15)11-3-5-14-8-12(10(2)16)4-6-13(14)7-11;1-7(13)10-4-5-11(8(2)14)12(6-10)9(3)15;1-9(13)11-7-6-10-4-2-3-5-12(10)8-11;1-6(11)8-3-9(7(2)12)5-10(4-8)16(13,14)15;1-7(11)9-3-5-10(6-4-9)8(2)12;1-7(11)9-4-3-5-10(6-9)8(2)12;1-3(2)4;/h5-6H,1-4H3;3-8H,1-2H3;4-6H,1-3H3;2-8H,1H3;3-5H,1-2H3,(H,13,14,15);2*3-6H,1-2H3;1-2H3;/q;;;;;;;;+1/p-1. The quantitative estimate of drug-likeness (QED) is 0.0464. The third kappa shape index (κ3) is 31.2. The monoisotopic (exact) mass is 1480 g/mol. The van der Waals surface area contributed by atoms with Crippen molar-refractivity contribution in [2.45, 2.75) is 130 Å². The number of carbonyl (C=O) groups is 17. The van der Waals surface area contributed by atoms with Crippen LogP contribution >= 0.6 is 0 Å². The van der Waals surface area contributed by atoms with Crippen molar-refractivity contribution in [1.82, 2.24) is 0 Å². The summed E-state index contributed by atoms with van der Waals surface area (Å²) in [7, 11) is -4.67. The van der Waals surface area contributed by atoms with E-state index in [0.29, 0.717) is 50.1 Å². The summed E-state index contributed by atoms with van der Waals surface area (Å²) in [6.07, 6.45) is 0. The van der Waals surface area contributed by atoms with Crippen LogP contribution in [0, 0.1) is 0 Å². The summed E-state index contributed by atoms with van der Waals surface area (Å²) < 4.78 is 32.4. The second kappa shape index (κ2) is 43.9. The average molecular weight is 1480 g/mol. The van der Waals surface area contributed by atoms with E-state index >= 15 is 0 Å². The molecule has 0 radical (unpaired) electrons. The van der Waals surface area contributed by atoms with Crippen LogP contribution in [0.4, 0.5) is 0 Å². The Kier molecular flexibility index (Phi) is 38.5. The fourth-order valence-corrected chi connectivity index (χ4v) is 9.81. The molecule has 0 N–H and O–H groups in total. The van der Waals surface area contributed by atoms with Crippen molar-refractivity contribution in [3.63, 3.8) is 0 Å². The molecule has 0 amide bonds. The molecule has 0 aliphatic heterocycles. The Morgan fingerprint density at radius 1 is 0.206 bits per heavy atom. The SMILES string of the molecule is CC(=O)c1cc(C(C)=O)c(C(C)=O)cc1C(C)=O.CC(=O)c1cc(C(C)=O)cc(S(=O)(=O)[O-])c1.CC(=O)c1ccc(C(C)=O)c(C(C)=O)c1.CC(=O)c1ccc(C(C)=O)cc1.CC(=O)c1ccc2cc(C(C)=O)ccc2c1.CC(=O)c1ccc2ccccc2c1.CC(=O)c1cccc(C(C)=O)c1.CC(C)=O.[Na+]. The fourth-order valence-electron chi connectivity index (χ4n) is 9.27. The maximum Gasteiger partial charge on any atom is 1.00 e. The third-order valence-corrected chi connectivity index (χ3v) is 15.9. The Morgan fingerprint density at radius 2 is 0.421 bits per heavy atom. The predicted molar refractivity (Wildman–Crippen MR) is 404 cm³/mol. The average Bonchev–Trinajstić information content (AvgIpc) is 0.797. The summed E-state index contributed by atoms with van der Waals surface area (Å²) in [5.74, 6) is -2.15. The van der Waals surface area contributed by atoms with E-state index < -0.39 is 26.6 Å². The third-order valence-electron chi connectivity index (χ3n) is 15.1. The number of carbonyl (C=O) groups excluding carboxylic acids is 17. The van der Waals surface area contributed by atoms with E-state index in [0.717, 1.165) is 33.9 Å². The summed E-state index contributed by atoms with van der Waals surface area (Å²) >= 11 is 0. The number of hydrogen-bond acceptors (Lipinski definition) is 20. The Bertz CT molecular complexity index is 4860. The van der Waals surface area contributed by atoms with E-state index in [1.54, 1.807) is 87.5 Å². The zero-order valence-electron chi connectivity index (χ0n) is 63.3. The Labute approximate surface area is 644 Å². The number of hydrogen-bond donors (Lipinski definition) is 0. The molecular formula is C85H83NaO20S. The maximum absolute atomic E-state index is 11.5. The molecule has 22 heteroatoms. The van der Waals surface area contributed by atoms with Crippen molar-refractivity contribution in [2.75, 3.05) is 0 Å². The van der Waals surface area contributed by atoms with Crippen LogP contribution in [0.2, 0.25) is 0 Å². The molecule has 0 atom stereocenters. The largest absolute Gasteiger partial charge is 1.00 e. The Balaban J connectivity index is 0.000000620. The van der Waals surface area contributed by atoms with Gasteiger partial charge in [0.05, 0.1) is 4.90 Å². The van der Waals surface area contributed by atoms with Gasteiger partial charge in [-0.1, -0.05) is 109 Å². The van der Waals surface area contributed by atoms with Crippen LogP contribution in [0.1, 0.15) is 290 Å². The second-order valence-electron chi connectivity index (χ2n) is 24.2. The molecule has 107 heavy (non-hydrogen) atoms. The molecule has 0 bridgehead atoms. The van der Waals surface area contributed by atoms with Gasteiger partial charge in [0.2, 0.25) is 0 Å². The van der Waals surface area contributed by atoms with Crippen LogP contribution in [-0.4, -0.2) is 111 Å². The molecule has 20 nitrogen and oxygen atoms in total. The van der Waals surface area contributed by atoms with Gasteiger partial charge in [-0.15, -0.1) is 0 Å². The van der Waals surface area contributed by atoms with Gasteiger partial charge in [0.1, 0.15) is 15.9 Å². The van der Waals surface area contributed by atoms with Crippen LogP contribution in [-0.2, 0) is 14.9 Å². The van der Waals surface area contributed by atoms with E-state index in [9.17, 15) is 94.5 Å². The van der Waals surface area contributed by atoms with Crippen molar-refractivity contribution in [1.29, 1.82) is 0 Å². The van der Waals surface area contributed by atoms with Crippen molar-refractivity contribution < 1.29 is 124 Å². The molecule has 0 spiro atoms. The molecule has 0 fully saturated rings. The molecule has 0 aromatic heterocycles. The molecule has 0 saturated carbocycles. The van der Waals surface area contributed by atoms with Gasteiger partial charge in [0, 0.05) is 89.0 Å². The summed E-state index contributed by atoms with van der Waals surface area (Å²) in [5.41, 5.74) is 6.53. The van der Waals surface area contributed by atoms with Crippen molar-refractivity contribution in [2.24, 2.45) is 0 Å². The normalized spacial score (nSPS) is 9.90. The number of rotatable bonds is 17. The van der Waals surface area contributed by atoms with E-state index in [2.05, 4.69) is 0 Å². The molecule has 9 aromatic rings. The minimum atomic E-state index is -4.67. The second-order valence-corrected chi connectivity index (χ2v) is 25.6. The Hall–Kier alpha value is -11.2. The first-order valence-corrected chi connectivity index (χ1v) is 33.9. The molecular weight excluding hydrogens is 1400 g/mol. The molecule has 0 unspecified atom stereocenters. The van der Waals surface area contributed by atoms with Crippen molar-refractivity contribution in [3.05, 3.63) is 265 Å². The summed E-state index contributed by atoms with van der Waals surface area (Å²) in [6, 6.07) is 48.6. The topological polar surface area (TPSA) is 347 Å². The molecule has 0 aliphatic carbocycles. The van der Waals surface area contributed by atoms with Gasteiger partial charge in [0.25, 0.3) is 0 Å². The summed E-state index contributed by atoms with van der Waals surface area (Å²) in [4.78, 5) is 188. The summed E-state index contributed by atoms with van der Waals surface area (Å²) in [6.45, 7) is 25.6. The van der Waals surface area contributed by atoms with Crippen LogP contribution in [0.15, 0.2) is 181 Å². The smallest absolute Gasteiger partial charge is 0.744 e. The van der Waals surface area contributed by atoms with Crippen LogP contribution in [0.25, 0.3) is 21.5 Å². The van der Waals surface area contributed by atoms with Crippen molar-refractivity contribution >= 4 is 130 Å². The molecule has 9 aromatic carbocycles. The zero-order valence-corrected chi connectivity index (χ0v) is 66.1. The summed E-state index contributed by atoms with van der Waals surface area (Å²) in [5, 5.41) is 4.26. The number of ketones is 17. The number of fused-ring (bicyclic) bond motifs is 2.